The minimum Gasteiger partial charge on any atom is -0.341 e. The number of pyridine rings is 1. The average Bonchev–Trinajstić information content (AvgIpc) is 3.12. The van der Waals surface area contributed by atoms with Crippen LogP contribution in [0, 0.1) is 0 Å². The zero-order valence-corrected chi connectivity index (χ0v) is 10.7. The topological polar surface area (TPSA) is 34.6 Å². The highest BCUT2D eigenvalue weighted by Gasteiger charge is 2.49. The molecule has 17 heavy (non-hydrogen) atoms. The van der Waals surface area contributed by atoms with Gasteiger partial charge in [0.2, 0.25) is 5.79 Å². The van der Waals surface area contributed by atoms with E-state index < -0.39 is 5.79 Å². The second kappa shape index (κ2) is 5.61. The number of nitrogens with zero attached hydrogens (tertiary/aromatic N) is 1. The van der Waals surface area contributed by atoms with Gasteiger partial charge in [-0.3, -0.25) is 4.98 Å². The van der Waals surface area contributed by atoms with Gasteiger partial charge in [-0.05, 0) is 18.9 Å². The van der Waals surface area contributed by atoms with E-state index in [1.54, 1.807) is 6.20 Å². The van der Waals surface area contributed by atoms with Gasteiger partial charge in [0.1, 0.15) is 6.61 Å². The third-order valence-corrected chi connectivity index (χ3v) is 3.09. The SMILES string of the molecule is CCCC(CCC)OC1(c2cccnc2)CO1. The molecule has 2 heterocycles. The molecule has 94 valence electrons. The van der Waals surface area contributed by atoms with E-state index in [0.29, 0.717) is 12.7 Å². The quantitative estimate of drug-likeness (QED) is 0.680. The first-order valence-electron chi connectivity index (χ1n) is 6.53. The second-order valence-electron chi connectivity index (χ2n) is 4.60. The molecular formula is C14H21NO2. The van der Waals surface area contributed by atoms with Crippen molar-refractivity contribution in [1.29, 1.82) is 0 Å². The van der Waals surface area contributed by atoms with Crippen molar-refractivity contribution in [3.8, 4) is 0 Å². The Labute approximate surface area is 103 Å². The highest BCUT2D eigenvalue weighted by atomic mass is 16.8. The lowest BCUT2D eigenvalue weighted by atomic mass is 10.1. The number of rotatable bonds is 7. The van der Waals surface area contributed by atoms with Gasteiger partial charge < -0.3 is 9.47 Å². The molecule has 1 fully saturated rings. The third kappa shape index (κ3) is 3.05. The maximum Gasteiger partial charge on any atom is 0.221 e. The summed E-state index contributed by atoms with van der Waals surface area (Å²) in [5.41, 5.74) is 1.04. The van der Waals surface area contributed by atoms with Crippen molar-refractivity contribution in [1.82, 2.24) is 4.98 Å². The minimum absolute atomic E-state index is 0.299. The molecular weight excluding hydrogens is 214 g/mol. The molecule has 1 aliphatic rings. The van der Waals surface area contributed by atoms with Crippen molar-refractivity contribution < 1.29 is 9.47 Å². The summed E-state index contributed by atoms with van der Waals surface area (Å²) in [6.45, 7) is 5.04. The summed E-state index contributed by atoms with van der Waals surface area (Å²) >= 11 is 0. The number of epoxide rings is 1. The molecule has 1 saturated heterocycles. The molecule has 1 unspecified atom stereocenters. The van der Waals surface area contributed by atoms with Crippen LogP contribution in [-0.2, 0) is 15.3 Å². The standard InChI is InChI=1S/C14H21NO2/c1-3-6-13(7-4-2)17-14(11-16-14)12-8-5-9-15-10-12/h5,8-10,13H,3-4,6-7,11H2,1-2H3. The van der Waals surface area contributed by atoms with E-state index >= 15 is 0 Å². The number of hydrogen-bond acceptors (Lipinski definition) is 3. The van der Waals surface area contributed by atoms with Crippen LogP contribution in [0.4, 0.5) is 0 Å². The minimum atomic E-state index is -0.497. The van der Waals surface area contributed by atoms with E-state index in [4.69, 9.17) is 9.47 Å². The van der Waals surface area contributed by atoms with Gasteiger partial charge in [0.25, 0.3) is 0 Å². The lowest BCUT2D eigenvalue weighted by molar-refractivity contribution is -0.101. The molecule has 0 saturated carbocycles. The summed E-state index contributed by atoms with van der Waals surface area (Å²) in [6.07, 6.45) is 8.39. The molecule has 0 bridgehead atoms. The Balaban J connectivity index is 2.01. The van der Waals surface area contributed by atoms with Gasteiger partial charge in [0.05, 0.1) is 6.10 Å². The van der Waals surface area contributed by atoms with E-state index in [-0.39, 0.29) is 0 Å². The van der Waals surface area contributed by atoms with Gasteiger partial charge in [-0.1, -0.05) is 32.8 Å². The van der Waals surface area contributed by atoms with Crippen LogP contribution in [0.25, 0.3) is 0 Å². The molecule has 0 aliphatic carbocycles. The van der Waals surface area contributed by atoms with Crippen LogP contribution in [0.1, 0.15) is 45.1 Å². The van der Waals surface area contributed by atoms with E-state index in [1.807, 2.05) is 18.3 Å². The number of aromatic nitrogens is 1. The van der Waals surface area contributed by atoms with Crippen LogP contribution in [0.2, 0.25) is 0 Å². The Hall–Kier alpha value is -0.930. The smallest absolute Gasteiger partial charge is 0.221 e. The summed E-state index contributed by atoms with van der Waals surface area (Å²) in [5, 5.41) is 0. The first-order chi connectivity index (χ1) is 8.30. The lowest BCUT2D eigenvalue weighted by Crippen LogP contribution is -2.23. The van der Waals surface area contributed by atoms with Gasteiger partial charge in [0.15, 0.2) is 0 Å². The number of hydrogen-bond donors (Lipinski definition) is 0. The fraction of sp³-hybridized carbons (Fsp3) is 0.643. The first kappa shape index (κ1) is 12.5. The van der Waals surface area contributed by atoms with Crippen molar-refractivity contribution >= 4 is 0 Å². The molecule has 0 amide bonds. The molecule has 1 aliphatic heterocycles. The highest BCUT2D eigenvalue weighted by molar-refractivity contribution is 5.19. The van der Waals surface area contributed by atoms with E-state index in [2.05, 4.69) is 18.8 Å². The van der Waals surface area contributed by atoms with E-state index in [0.717, 1.165) is 31.2 Å². The monoisotopic (exact) mass is 235 g/mol. The Morgan fingerprint density at radius 2 is 2.12 bits per heavy atom. The molecule has 2 rings (SSSR count). The predicted octanol–water partition coefficient (Wildman–Crippen LogP) is 3.25. The van der Waals surface area contributed by atoms with Gasteiger partial charge >= 0.3 is 0 Å². The Morgan fingerprint density at radius 1 is 1.41 bits per heavy atom. The summed E-state index contributed by atoms with van der Waals surface area (Å²) in [7, 11) is 0. The van der Waals surface area contributed by atoms with Crippen molar-refractivity contribution in [2.24, 2.45) is 0 Å². The summed E-state index contributed by atoms with van der Waals surface area (Å²) < 4.78 is 11.7. The van der Waals surface area contributed by atoms with Crippen molar-refractivity contribution in [2.45, 2.75) is 51.4 Å². The molecule has 3 nitrogen and oxygen atoms in total. The summed E-state index contributed by atoms with van der Waals surface area (Å²) in [4.78, 5) is 4.13. The maximum absolute atomic E-state index is 6.15. The highest BCUT2D eigenvalue weighted by Crippen LogP contribution is 2.41. The van der Waals surface area contributed by atoms with Gasteiger partial charge in [-0.2, -0.15) is 0 Å². The molecule has 1 aromatic rings. The van der Waals surface area contributed by atoms with Crippen LogP contribution >= 0.6 is 0 Å². The second-order valence-corrected chi connectivity index (χ2v) is 4.60. The molecule has 0 N–H and O–H groups in total. The molecule has 1 atom stereocenters. The third-order valence-electron chi connectivity index (χ3n) is 3.09. The van der Waals surface area contributed by atoms with Gasteiger partial charge in [-0.15, -0.1) is 0 Å². The molecule has 0 spiro atoms. The Morgan fingerprint density at radius 3 is 2.59 bits per heavy atom. The fourth-order valence-electron chi connectivity index (χ4n) is 2.13. The first-order valence-corrected chi connectivity index (χ1v) is 6.53. The van der Waals surface area contributed by atoms with Crippen molar-refractivity contribution in [3.63, 3.8) is 0 Å². The normalized spacial score (nSPS) is 23.0. The van der Waals surface area contributed by atoms with Crippen LogP contribution in [-0.4, -0.2) is 17.7 Å². The summed E-state index contributed by atoms with van der Waals surface area (Å²) in [6, 6.07) is 3.95. The Bertz CT molecular complexity index is 329. The van der Waals surface area contributed by atoms with E-state index in [1.165, 1.54) is 0 Å². The average molecular weight is 235 g/mol. The largest absolute Gasteiger partial charge is 0.341 e. The zero-order valence-electron chi connectivity index (χ0n) is 10.7. The molecule has 0 radical (unpaired) electrons. The predicted molar refractivity (Wildman–Crippen MR) is 66.6 cm³/mol. The van der Waals surface area contributed by atoms with Gasteiger partial charge in [-0.25, -0.2) is 0 Å². The molecule has 0 aromatic carbocycles. The zero-order chi connectivity index (χ0) is 12.1. The van der Waals surface area contributed by atoms with Crippen LogP contribution in [0.3, 0.4) is 0 Å². The maximum atomic E-state index is 6.15. The van der Waals surface area contributed by atoms with Crippen LogP contribution in [0.5, 0.6) is 0 Å². The van der Waals surface area contributed by atoms with Gasteiger partial charge in [0, 0.05) is 18.0 Å². The molecule has 1 aromatic heterocycles. The van der Waals surface area contributed by atoms with E-state index in [9.17, 15) is 0 Å². The number of ether oxygens (including phenoxy) is 2. The van der Waals surface area contributed by atoms with Crippen LogP contribution < -0.4 is 0 Å². The van der Waals surface area contributed by atoms with Crippen molar-refractivity contribution in [2.75, 3.05) is 6.61 Å². The van der Waals surface area contributed by atoms with Crippen molar-refractivity contribution in [3.05, 3.63) is 30.1 Å². The Kier molecular flexibility index (Phi) is 4.13. The lowest BCUT2D eigenvalue weighted by Gasteiger charge is -2.21. The molecule has 3 heteroatoms. The summed E-state index contributed by atoms with van der Waals surface area (Å²) in [5.74, 6) is -0.497. The fourth-order valence-corrected chi connectivity index (χ4v) is 2.13. The van der Waals surface area contributed by atoms with Crippen LogP contribution in [0.15, 0.2) is 24.5 Å².